The van der Waals surface area contributed by atoms with E-state index in [4.69, 9.17) is 0 Å². The molecule has 1 aromatic heterocycles. The van der Waals surface area contributed by atoms with E-state index >= 15 is 0 Å². The zero-order valence-corrected chi connectivity index (χ0v) is 20.9. The first-order valence-corrected chi connectivity index (χ1v) is 11.8. The fourth-order valence-electron chi connectivity index (χ4n) is 4.29. The third-order valence-corrected chi connectivity index (χ3v) is 6.50. The van der Waals surface area contributed by atoms with Gasteiger partial charge in [-0.15, -0.1) is 0 Å². The SMILES string of the molecule is CC(C)c1cccc(C(C)C)c1-n1ccn(-c2c(C(C)C)cccc2C(C)C)[c]1=[Mn]. The number of hydrogen-bond acceptors (Lipinski definition) is 0. The van der Waals surface area contributed by atoms with Gasteiger partial charge in [-0.2, -0.15) is 0 Å². The van der Waals surface area contributed by atoms with Crippen molar-refractivity contribution in [3.8, 4) is 11.4 Å². The summed E-state index contributed by atoms with van der Waals surface area (Å²) in [6, 6.07) is 13.5. The van der Waals surface area contributed by atoms with Crippen molar-refractivity contribution < 1.29 is 15.6 Å². The summed E-state index contributed by atoms with van der Waals surface area (Å²) in [7, 11) is 0. The molecule has 0 N–H and O–H groups in total. The van der Waals surface area contributed by atoms with Crippen LogP contribution >= 0.6 is 0 Å². The molecular weight excluding hydrogens is 407 g/mol. The number of benzene rings is 2. The molecule has 0 unspecified atom stereocenters. The first kappa shape index (κ1) is 22.8. The van der Waals surface area contributed by atoms with Crippen LogP contribution in [0.15, 0.2) is 48.8 Å². The fraction of sp³-hybridized carbons (Fsp3) is 0.444. The predicted octanol–water partition coefficient (Wildman–Crippen LogP) is 7.84. The van der Waals surface area contributed by atoms with Gasteiger partial charge in [0.25, 0.3) is 0 Å². The van der Waals surface area contributed by atoms with Crippen molar-refractivity contribution in [2.45, 2.75) is 79.1 Å². The molecule has 3 rings (SSSR count). The van der Waals surface area contributed by atoms with Crippen molar-refractivity contribution >= 4 is 0 Å². The summed E-state index contributed by atoms with van der Waals surface area (Å²) in [5.41, 5.74) is 8.14. The van der Waals surface area contributed by atoms with Crippen LogP contribution < -0.4 is 0 Å². The molecule has 3 aromatic rings. The molecule has 0 aliphatic heterocycles. The van der Waals surface area contributed by atoms with Gasteiger partial charge < -0.3 is 0 Å². The second kappa shape index (κ2) is 9.12. The van der Waals surface area contributed by atoms with Crippen molar-refractivity contribution in [3.05, 3.63) is 75.4 Å². The topological polar surface area (TPSA) is 9.86 Å². The fourth-order valence-corrected chi connectivity index (χ4v) is 4.73. The Balaban J connectivity index is 2.33. The van der Waals surface area contributed by atoms with Gasteiger partial charge in [-0.25, -0.2) is 0 Å². The summed E-state index contributed by atoms with van der Waals surface area (Å²) in [4.78, 5) is 0. The predicted molar refractivity (Wildman–Crippen MR) is 125 cm³/mol. The zero-order chi connectivity index (χ0) is 22.2. The summed E-state index contributed by atoms with van der Waals surface area (Å²) < 4.78 is 5.71. The van der Waals surface area contributed by atoms with Crippen LogP contribution in [0.3, 0.4) is 0 Å². The van der Waals surface area contributed by atoms with Crippen molar-refractivity contribution in [2.75, 3.05) is 0 Å². The molecular formula is C27H36MnN2. The average Bonchev–Trinajstić information content (AvgIpc) is 3.07. The Bertz CT molecular complexity index is 944. The van der Waals surface area contributed by atoms with Gasteiger partial charge in [-0.05, 0) is 0 Å². The van der Waals surface area contributed by atoms with E-state index in [-0.39, 0.29) is 0 Å². The van der Waals surface area contributed by atoms with E-state index in [9.17, 15) is 0 Å². The first-order chi connectivity index (χ1) is 14.1. The molecule has 0 fully saturated rings. The van der Waals surface area contributed by atoms with Crippen LogP contribution in [-0.4, -0.2) is 9.13 Å². The van der Waals surface area contributed by atoms with Gasteiger partial charge in [0.1, 0.15) is 0 Å². The quantitative estimate of drug-likeness (QED) is 0.344. The average molecular weight is 444 g/mol. The molecule has 3 heteroatoms. The maximum absolute atomic E-state index is 3.98. The monoisotopic (exact) mass is 443 g/mol. The van der Waals surface area contributed by atoms with E-state index in [1.54, 1.807) is 0 Å². The van der Waals surface area contributed by atoms with E-state index in [0.717, 1.165) is 4.32 Å². The number of rotatable bonds is 6. The number of para-hydroxylation sites is 2. The second-order valence-electron chi connectivity index (χ2n) is 9.50. The summed E-state index contributed by atoms with van der Waals surface area (Å²) in [6.07, 6.45) is 4.41. The Kier molecular flexibility index (Phi) is 6.94. The van der Waals surface area contributed by atoms with Gasteiger partial charge in [-0.3, -0.25) is 0 Å². The van der Waals surface area contributed by atoms with Crippen molar-refractivity contribution in [1.82, 2.24) is 9.13 Å². The summed E-state index contributed by atoms with van der Waals surface area (Å²) in [6.45, 7) is 18.2. The van der Waals surface area contributed by atoms with Crippen LogP contribution in [0.2, 0.25) is 0 Å². The van der Waals surface area contributed by atoms with Crippen LogP contribution in [0.5, 0.6) is 0 Å². The van der Waals surface area contributed by atoms with Crippen LogP contribution in [0.1, 0.15) is 101 Å². The molecule has 0 saturated carbocycles. The van der Waals surface area contributed by atoms with Gasteiger partial charge in [0.05, 0.1) is 0 Å². The first-order valence-electron chi connectivity index (χ1n) is 11.2. The summed E-state index contributed by atoms with van der Waals surface area (Å²) >= 11 is 3.98. The van der Waals surface area contributed by atoms with E-state index in [1.165, 1.54) is 33.6 Å². The van der Waals surface area contributed by atoms with Gasteiger partial charge in [0.15, 0.2) is 0 Å². The van der Waals surface area contributed by atoms with Crippen LogP contribution in [0, 0.1) is 4.32 Å². The van der Waals surface area contributed by atoms with Crippen LogP contribution in [0.4, 0.5) is 0 Å². The van der Waals surface area contributed by atoms with E-state index in [0.29, 0.717) is 23.7 Å². The van der Waals surface area contributed by atoms with Crippen molar-refractivity contribution in [1.29, 1.82) is 0 Å². The standard InChI is InChI=1S/C27H36N2.Mn/c1-18(2)22-11-9-12-23(19(3)4)26(22)28-15-16-29(17-28)27-24(20(5)6)13-10-14-25(27)21(7)8;/h9-16,18-21H,1-8H3;. The Morgan fingerprint density at radius 1 is 0.533 bits per heavy atom. The number of nitrogens with zero attached hydrogens (tertiary/aromatic N) is 2. The third kappa shape index (κ3) is 4.15. The van der Waals surface area contributed by atoms with Crippen LogP contribution in [-0.2, 0) is 15.6 Å². The zero-order valence-electron chi connectivity index (χ0n) is 19.7. The molecule has 161 valence electrons. The molecule has 0 saturated heterocycles. The Morgan fingerprint density at radius 3 is 1.03 bits per heavy atom. The molecule has 1 heterocycles. The molecule has 0 spiro atoms. The molecule has 0 amide bonds. The summed E-state index contributed by atoms with van der Waals surface area (Å²) in [5, 5.41) is 0. The molecule has 0 radical (unpaired) electrons. The van der Waals surface area contributed by atoms with Crippen molar-refractivity contribution in [2.24, 2.45) is 0 Å². The Hall–Kier alpha value is -1.83. The molecule has 0 atom stereocenters. The number of aromatic nitrogens is 2. The molecule has 30 heavy (non-hydrogen) atoms. The minimum atomic E-state index is 0.454. The molecule has 0 aliphatic rings. The number of imidazole rings is 1. The normalized spacial score (nSPS) is 12.0. The van der Waals surface area contributed by atoms with Crippen molar-refractivity contribution in [3.63, 3.8) is 0 Å². The number of hydrogen-bond donors (Lipinski definition) is 0. The summed E-state index contributed by atoms with van der Waals surface area (Å²) in [5.74, 6) is 1.82. The van der Waals surface area contributed by atoms with Gasteiger partial charge in [0, 0.05) is 0 Å². The van der Waals surface area contributed by atoms with E-state index in [1.807, 2.05) is 0 Å². The molecule has 0 bridgehead atoms. The van der Waals surface area contributed by atoms with Gasteiger partial charge in [0.2, 0.25) is 0 Å². The Labute approximate surface area is 190 Å². The second-order valence-corrected chi connectivity index (χ2v) is 10.0. The van der Waals surface area contributed by atoms with Gasteiger partial charge >= 0.3 is 191 Å². The molecule has 2 nitrogen and oxygen atoms in total. The van der Waals surface area contributed by atoms with E-state index < -0.39 is 0 Å². The maximum atomic E-state index is 3.98. The molecule has 2 aromatic carbocycles. The minimum absolute atomic E-state index is 0.454. The van der Waals surface area contributed by atoms with E-state index in [2.05, 4.69) is 129 Å². The van der Waals surface area contributed by atoms with Gasteiger partial charge in [-0.1, -0.05) is 0 Å². The Morgan fingerprint density at radius 2 is 0.800 bits per heavy atom. The third-order valence-electron chi connectivity index (χ3n) is 5.93. The van der Waals surface area contributed by atoms with Crippen LogP contribution in [0.25, 0.3) is 11.4 Å². The molecule has 0 aliphatic carbocycles.